The third kappa shape index (κ3) is 2.09. The van der Waals surface area contributed by atoms with Crippen molar-refractivity contribution in [1.82, 2.24) is 15.5 Å². The number of nitrogens with zero attached hydrogens (tertiary/aromatic N) is 2. The van der Waals surface area contributed by atoms with Gasteiger partial charge < -0.3 is 15.5 Å². The lowest BCUT2D eigenvalue weighted by atomic mass is 10.1. The molecule has 2 aromatic rings. The van der Waals surface area contributed by atoms with E-state index in [9.17, 15) is 0 Å². The summed E-state index contributed by atoms with van der Waals surface area (Å²) in [5, 5.41) is 10.9. The van der Waals surface area contributed by atoms with Crippen molar-refractivity contribution < 1.29 is 4.42 Å². The van der Waals surface area contributed by atoms with E-state index in [4.69, 9.17) is 10.2 Å². The zero-order valence-electron chi connectivity index (χ0n) is 10.3. The Hall–Kier alpha value is -1.88. The molecule has 0 bridgehead atoms. The fraction of sp³-hybridized carbons (Fsp3) is 0.385. The summed E-state index contributed by atoms with van der Waals surface area (Å²) in [5.74, 6) is 1.09. The summed E-state index contributed by atoms with van der Waals surface area (Å²) in [6, 6.07) is 10.6. The minimum atomic E-state index is 0.116. The monoisotopic (exact) mass is 244 g/mol. The molecule has 0 aliphatic heterocycles. The zero-order chi connectivity index (χ0) is 12.6. The molecule has 94 valence electrons. The first kappa shape index (κ1) is 11.2. The van der Waals surface area contributed by atoms with Crippen LogP contribution in [0.1, 0.15) is 30.7 Å². The first-order chi connectivity index (χ1) is 8.67. The Labute approximate surface area is 105 Å². The highest BCUT2D eigenvalue weighted by Gasteiger charge is 2.50. The summed E-state index contributed by atoms with van der Waals surface area (Å²) in [5.41, 5.74) is 6.87. The van der Waals surface area contributed by atoms with Crippen LogP contribution >= 0.6 is 0 Å². The SMILES string of the molecule is CC1(NCc2nnc(N)o2)CC1c1ccccc1. The van der Waals surface area contributed by atoms with Gasteiger partial charge in [0.2, 0.25) is 5.89 Å². The van der Waals surface area contributed by atoms with Crippen molar-refractivity contribution in [3.05, 3.63) is 41.8 Å². The molecule has 0 saturated heterocycles. The van der Waals surface area contributed by atoms with Crippen molar-refractivity contribution in [3.8, 4) is 0 Å². The van der Waals surface area contributed by atoms with Gasteiger partial charge in [0.1, 0.15) is 0 Å². The van der Waals surface area contributed by atoms with Crippen LogP contribution in [-0.2, 0) is 6.54 Å². The van der Waals surface area contributed by atoms with E-state index in [1.54, 1.807) is 0 Å². The second-order valence-corrected chi connectivity index (χ2v) is 4.97. The van der Waals surface area contributed by atoms with Gasteiger partial charge in [-0.3, -0.25) is 0 Å². The predicted molar refractivity (Wildman–Crippen MR) is 67.8 cm³/mol. The van der Waals surface area contributed by atoms with E-state index in [0.717, 1.165) is 6.42 Å². The van der Waals surface area contributed by atoms with Crippen LogP contribution in [0.25, 0.3) is 0 Å². The van der Waals surface area contributed by atoms with Crippen LogP contribution in [0.15, 0.2) is 34.7 Å². The number of rotatable bonds is 4. The second-order valence-electron chi connectivity index (χ2n) is 4.97. The Kier molecular flexibility index (Phi) is 2.56. The van der Waals surface area contributed by atoms with E-state index in [2.05, 4.69) is 46.7 Å². The molecule has 1 saturated carbocycles. The highest BCUT2D eigenvalue weighted by Crippen LogP contribution is 2.51. The van der Waals surface area contributed by atoms with Gasteiger partial charge in [-0.25, -0.2) is 0 Å². The molecule has 18 heavy (non-hydrogen) atoms. The Bertz CT molecular complexity index is 539. The standard InChI is InChI=1S/C13H16N4O/c1-13(15-8-11-16-17-12(14)18-11)7-10(13)9-5-3-2-4-6-9/h2-6,10,15H,7-8H2,1H3,(H2,14,17). The number of hydrogen-bond acceptors (Lipinski definition) is 5. The van der Waals surface area contributed by atoms with Crippen LogP contribution < -0.4 is 11.1 Å². The van der Waals surface area contributed by atoms with Crippen LogP contribution in [-0.4, -0.2) is 15.7 Å². The quantitative estimate of drug-likeness (QED) is 0.855. The summed E-state index contributed by atoms with van der Waals surface area (Å²) in [6.07, 6.45) is 1.13. The lowest BCUT2D eigenvalue weighted by molar-refractivity contribution is 0.438. The maximum Gasteiger partial charge on any atom is 0.312 e. The van der Waals surface area contributed by atoms with Gasteiger partial charge in [-0.2, -0.15) is 0 Å². The molecule has 1 heterocycles. The number of aromatic nitrogens is 2. The Morgan fingerprint density at radius 1 is 1.39 bits per heavy atom. The molecule has 0 spiro atoms. The molecular formula is C13H16N4O. The Morgan fingerprint density at radius 2 is 2.17 bits per heavy atom. The van der Waals surface area contributed by atoms with Crippen LogP contribution in [0.5, 0.6) is 0 Å². The van der Waals surface area contributed by atoms with Gasteiger partial charge in [-0.05, 0) is 18.9 Å². The maximum atomic E-state index is 5.38. The number of benzene rings is 1. The molecule has 1 aromatic carbocycles. The highest BCUT2D eigenvalue weighted by atomic mass is 16.4. The van der Waals surface area contributed by atoms with E-state index in [0.29, 0.717) is 18.4 Å². The van der Waals surface area contributed by atoms with Gasteiger partial charge >= 0.3 is 6.01 Å². The normalized spacial score (nSPS) is 26.2. The van der Waals surface area contributed by atoms with Gasteiger partial charge in [-0.15, -0.1) is 5.10 Å². The highest BCUT2D eigenvalue weighted by molar-refractivity contribution is 5.32. The average molecular weight is 244 g/mol. The van der Waals surface area contributed by atoms with Crippen LogP contribution in [0, 0.1) is 0 Å². The number of nitrogens with one attached hydrogen (secondary N) is 1. The summed E-state index contributed by atoms with van der Waals surface area (Å²) in [6.45, 7) is 2.77. The van der Waals surface area contributed by atoms with Gasteiger partial charge in [0.25, 0.3) is 0 Å². The minimum absolute atomic E-state index is 0.116. The summed E-state index contributed by atoms with van der Waals surface area (Å²) in [7, 11) is 0. The van der Waals surface area contributed by atoms with Crippen LogP contribution in [0.2, 0.25) is 0 Å². The molecule has 1 aliphatic carbocycles. The maximum absolute atomic E-state index is 5.38. The van der Waals surface area contributed by atoms with Crippen molar-refractivity contribution in [2.45, 2.75) is 31.3 Å². The summed E-state index contributed by atoms with van der Waals surface area (Å²) < 4.78 is 5.14. The van der Waals surface area contributed by atoms with E-state index in [1.807, 2.05) is 6.07 Å². The van der Waals surface area contributed by atoms with Crippen LogP contribution in [0.4, 0.5) is 6.01 Å². The molecule has 3 N–H and O–H groups in total. The molecule has 3 rings (SSSR count). The lowest BCUT2D eigenvalue weighted by Crippen LogP contribution is -2.29. The number of hydrogen-bond donors (Lipinski definition) is 2. The average Bonchev–Trinajstić information content (AvgIpc) is 2.88. The predicted octanol–water partition coefficient (Wildman–Crippen LogP) is 1.69. The van der Waals surface area contributed by atoms with E-state index < -0.39 is 0 Å². The van der Waals surface area contributed by atoms with E-state index in [1.165, 1.54) is 5.56 Å². The van der Waals surface area contributed by atoms with Gasteiger partial charge in [-0.1, -0.05) is 35.4 Å². The molecule has 5 nitrogen and oxygen atoms in total. The lowest BCUT2D eigenvalue weighted by Gasteiger charge is -2.12. The van der Waals surface area contributed by atoms with E-state index >= 15 is 0 Å². The minimum Gasteiger partial charge on any atom is -0.407 e. The molecular weight excluding hydrogens is 228 g/mol. The van der Waals surface area contributed by atoms with Crippen molar-refractivity contribution in [3.63, 3.8) is 0 Å². The molecule has 1 fully saturated rings. The first-order valence-corrected chi connectivity index (χ1v) is 6.05. The third-order valence-corrected chi connectivity index (χ3v) is 3.56. The fourth-order valence-electron chi connectivity index (χ4n) is 2.35. The number of anilines is 1. The molecule has 2 unspecified atom stereocenters. The zero-order valence-corrected chi connectivity index (χ0v) is 10.3. The number of nitrogens with two attached hydrogens (primary N) is 1. The molecule has 0 radical (unpaired) electrons. The smallest absolute Gasteiger partial charge is 0.312 e. The molecule has 1 aliphatic rings. The van der Waals surface area contributed by atoms with Gasteiger partial charge in [0, 0.05) is 11.5 Å². The Morgan fingerprint density at radius 3 is 2.83 bits per heavy atom. The third-order valence-electron chi connectivity index (χ3n) is 3.56. The molecule has 2 atom stereocenters. The van der Waals surface area contributed by atoms with Gasteiger partial charge in [0.05, 0.1) is 6.54 Å². The van der Waals surface area contributed by atoms with Gasteiger partial charge in [0.15, 0.2) is 0 Å². The van der Waals surface area contributed by atoms with E-state index in [-0.39, 0.29) is 11.6 Å². The number of nitrogen functional groups attached to an aromatic ring is 1. The molecule has 5 heteroatoms. The molecule has 0 amide bonds. The largest absolute Gasteiger partial charge is 0.407 e. The van der Waals surface area contributed by atoms with Crippen molar-refractivity contribution in [1.29, 1.82) is 0 Å². The van der Waals surface area contributed by atoms with Crippen molar-refractivity contribution in [2.75, 3.05) is 5.73 Å². The Balaban J connectivity index is 1.61. The second kappa shape index (κ2) is 4.10. The van der Waals surface area contributed by atoms with Crippen LogP contribution in [0.3, 0.4) is 0 Å². The summed E-state index contributed by atoms with van der Waals surface area (Å²) >= 11 is 0. The molecule has 1 aromatic heterocycles. The topological polar surface area (TPSA) is 77.0 Å². The van der Waals surface area contributed by atoms with Crippen molar-refractivity contribution >= 4 is 6.01 Å². The first-order valence-electron chi connectivity index (χ1n) is 6.05. The van der Waals surface area contributed by atoms with Crippen molar-refractivity contribution in [2.24, 2.45) is 0 Å². The summed E-state index contributed by atoms with van der Waals surface area (Å²) in [4.78, 5) is 0. The fourth-order valence-corrected chi connectivity index (χ4v) is 2.35.